The quantitative estimate of drug-likeness (QED) is 0.683. The first-order valence-electron chi connectivity index (χ1n) is 11.1. The molecule has 1 N–H and O–H groups in total. The Bertz CT molecular complexity index is 965. The van der Waals surface area contributed by atoms with E-state index in [1.165, 1.54) is 0 Å². The lowest BCUT2D eigenvalue weighted by atomic mass is 9.91. The Morgan fingerprint density at radius 3 is 2.61 bits per heavy atom. The molecule has 0 unspecified atom stereocenters. The first kappa shape index (κ1) is 23.0. The minimum absolute atomic E-state index is 0.0562. The summed E-state index contributed by atoms with van der Waals surface area (Å²) in [5.74, 6) is 0.761. The molecule has 3 rings (SSSR count). The number of anilines is 1. The number of pyridine rings is 1. The van der Waals surface area contributed by atoms with Gasteiger partial charge in [-0.3, -0.25) is 4.79 Å². The summed E-state index contributed by atoms with van der Waals surface area (Å²) >= 11 is 0. The number of carbonyl (C=O) groups is 1. The van der Waals surface area contributed by atoms with E-state index in [0.29, 0.717) is 5.82 Å². The van der Waals surface area contributed by atoms with Gasteiger partial charge < -0.3 is 15.1 Å². The van der Waals surface area contributed by atoms with Crippen LogP contribution in [0.3, 0.4) is 0 Å². The van der Waals surface area contributed by atoms with E-state index in [1.54, 1.807) is 0 Å². The van der Waals surface area contributed by atoms with Crippen LogP contribution in [0.2, 0.25) is 0 Å². The molecule has 0 saturated carbocycles. The van der Waals surface area contributed by atoms with Crippen molar-refractivity contribution in [2.24, 2.45) is 11.3 Å². The summed E-state index contributed by atoms with van der Waals surface area (Å²) in [6.07, 6.45) is 7.68. The molecule has 31 heavy (non-hydrogen) atoms. The average molecular weight is 421 g/mol. The molecule has 0 atom stereocenters. The number of nitrogens with zero attached hydrogens (tertiary/aromatic N) is 3. The number of carbonyl (C=O) groups excluding carboxylic acids is 1. The van der Waals surface area contributed by atoms with Gasteiger partial charge in [0.1, 0.15) is 5.82 Å². The van der Waals surface area contributed by atoms with Crippen molar-refractivity contribution in [3.05, 3.63) is 54.5 Å². The van der Waals surface area contributed by atoms with Gasteiger partial charge in [0.15, 0.2) is 0 Å². The van der Waals surface area contributed by atoms with Gasteiger partial charge in [0.2, 0.25) is 5.91 Å². The molecular weight excluding hydrogens is 384 g/mol. The third-order valence-electron chi connectivity index (χ3n) is 5.75. The van der Waals surface area contributed by atoms with Crippen molar-refractivity contribution >= 4 is 28.6 Å². The number of aromatic nitrogens is 1. The predicted molar refractivity (Wildman–Crippen MR) is 131 cm³/mol. The zero-order valence-corrected chi connectivity index (χ0v) is 19.6. The second-order valence-electron chi connectivity index (χ2n) is 9.94. The highest BCUT2D eigenvalue weighted by atomic mass is 16.1. The maximum Gasteiger partial charge on any atom is 0.228 e. The molecular formula is C26H36N4O. The minimum atomic E-state index is 0.0562. The number of fused-ring (bicyclic) bond motifs is 1. The van der Waals surface area contributed by atoms with Crippen molar-refractivity contribution in [1.29, 1.82) is 0 Å². The normalized spacial score (nSPS) is 16.0. The SMILES string of the molecule is C=C(C)N(C)/C=C/c1ccc2cnc(NC(=O)C3CCN(CC(C)(C)C)CC3)cc2c1. The van der Waals surface area contributed by atoms with Crippen molar-refractivity contribution < 1.29 is 4.79 Å². The van der Waals surface area contributed by atoms with Gasteiger partial charge in [-0.05, 0) is 67.4 Å². The molecule has 0 radical (unpaired) electrons. The van der Waals surface area contributed by atoms with Crippen molar-refractivity contribution in [2.45, 2.75) is 40.5 Å². The van der Waals surface area contributed by atoms with Crippen LogP contribution in [0.5, 0.6) is 0 Å². The first-order valence-corrected chi connectivity index (χ1v) is 11.1. The lowest BCUT2D eigenvalue weighted by molar-refractivity contribution is -0.121. The van der Waals surface area contributed by atoms with Gasteiger partial charge in [0.05, 0.1) is 0 Å². The van der Waals surface area contributed by atoms with Crippen LogP contribution in [-0.2, 0) is 4.79 Å². The van der Waals surface area contributed by atoms with Crippen molar-refractivity contribution in [2.75, 3.05) is 32.0 Å². The van der Waals surface area contributed by atoms with Gasteiger partial charge in [0, 0.05) is 43.0 Å². The number of benzene rings is 1. The minimum Gasteiger partial charge on any atom is -0.355 e. The number of rotatable bonds is 6. The number of likely N-dealkylation sites (tertiary alicyclic amines) is 1. The summed E-state index contributed by atoms with van der Waals surface area (Å²) in [7, 11) is 1.98. The Morgan fingerprint density at radius 1 is 1.26 bits per heavy atom. The van der Waals surface area contributed by atoms with E-state index < -0.39 is 0 Å². The van der Waals surface area contributed by atoms with E-state index in [4.69, 9.17) is 0 Å². The van der Waals surface area contributed by atoms with Crippen LogP contribution >= 0.6 is 0 Å². The number of piperidine rings is 1. The monoisotopic (exact) mass is 420 g/mol. The summed E-state index contributed by atoms with van der Waals surface area (Å²) in [6.45, 7) is 15.7. The average Bonchev–Trinajstić information content (AvgIpc) is 2.70. The molecule has 5 heteroatoms. The molecule has 1 saturated heterocycles. The zero-order chi connectivity index (χ0) is 22.6. The molecule has 1 aromatic heterocycles. The van der Waals surface area contributed by atoms with Crippen LogP contribution < -0.4 is 5.32 Å². The van der Waals surface area contributed by atoms with Crippen molar-refractivity contribution in [1.82, 2.24) is 14.8 Å². The van der Waals surface area contributed by atoms with E-state index in [0.717, 1.165) is 54.5 Å². The van der Waals surface area contributed by atoms with E-state index in [1.807, 2.05) is 37.3 Å². The summed E-state index contributed by atoms with van der Waals surface area (Å²) in [5.41, 5.74) is 2.36. The Morgan fingerprint density at radius 2 is 1.97 bits per heavy atom. The molecule has 0 bridgehead atoms. The van der Waals surface area contributed by atoms with E-state index >= 15 is 0 Å². The van der Waals surface area contributed by atoms with Crippen LogP contribution in [0, 0.1) is 11.3 Å². The number of allylic oxidation sites excluding steroid dienone is 1. The molecule has 1 aliphatic heterocycles. The van der Waals surface area contributed by atoms with Crippen LogP contribution in [-0.4, -0.2) is 47.4 Å². The van der Waals surface area contributed by atoms with Gasteiger partial charge in [-0.25, -0.2) is 4.98 Å². The Labute approximate surface area is 186 Å². The highest BCUT2D eigenvalue weighted by molar-refractivity contribution is 5.94. The molecule has 1 fully saturated rings. The summed E-state index contributed by atoms with van der Waals surface area (Å²) in [6, 6.07) is 8.19. The molecule has 2 heterocycles. The van der Waals surface area contributed by atoms with Gasteiger partial charge in [-0.1, -0.05) is 39.5 Å². The number of hydrogen-bond donors (Lipinski definition) is 1. The largest absolute Gasteiger partial charge is 0.355 e. The molecule has 1 aliphatic rings. The fourth-order valence-electron chi connectivity index (χ4n) is 3.91. The van der Waals surface area contributed by atoms with E-state index in [2.05, 4.69) is 66.8 Å². The second kappa shape index (κ2) is 9.65. The van der Waals surface area contributed by atoms with Crippen molar-refractivity contribution in [3.8, 4) is 0 Å². The number of amides is 1. The Balaban J connectivity index is 1.63. The molecule has 0 aliphatic carbocycles. The lowest BCUT2D eigenvalue weighted by Crippen LogP contribution is -2.41. The maximum absolute atomic E-state index is 12.8. The van der Waals surface area contributed by atoms with Crippen LogP contribution in [0.15, 0.2) is 48.9 Å². The number of hydrogen-bond acceptors (Lipinski definition) is 4. The van der Waals surface area contributed by atoms with Gasteiger partial charge in [0.25, 0.3) is 0 Å². The van der Waals surface area contributed by atoms with Crippen LogP contribution in [0.4, 0.5) is 5.82 Å². The van der Waals surface area contributed by atoms with Gasteiger partial charge in [-0.2, -0.15) is 0 Å². The highest BCUT2D eigenvalue weighted by Gasteiger charge is 2.27. The van der Waals surface area contributed by atoms with Gasteiger partial charge in [-0.15, -0.1) is 0 Å². The highest BCUT2D eigenvalue weighted by Crippen LogP contribution is 2.24. The lowest BCUT2D eigenvalue weighted by Gasteiger charge is -2.35. The molecule has 166 valence electrons. The van der Waals surface area contributed by atoms with Crippen LogP contribution in [0.25, 0.3) is 16.8 Å². The molecule has 5 nitrogen and oxygen atoms in total. The topological polar surface area (TPSA) is 48.5 Å². The van der Waals surface area contributed by atoms with E-state index in [-0.39, 0.29) is 17.2 Å². The first-order chi connectivity index (χ1) is 14.6. The summed E-state index contributed by atoms with van der Waals surface area (Å²) < 4.78 is 0. The molecule has 0 spiro atoms. The third kappa shape index (κ3) is 6.66. The zero-order valence-electron chi connectivity index (χ0n) is 19.6. The number of nitrogens with one attached hydrogen (secondary N) is 1. The maximum atomic E-state index is 12.8. The van der Waals surface area contributed by atoms with Gasteiger partial charge >= 0.3 is 0 Å². The van der Waals surface area contributed by atoms with Crippen molar-refractivity contribution in [3.63, 3.8) is 0 Å². The summed E-state index contributed by atoms with van der Waals surface area (Å²) in [4.78, 5) is 21.7. The van der Waals surface area contributed by atoms with E-state index in [9.17, 15) is 4.79 Å². The molecule has 1 aromatic carbocycles. The standard InChI is InChI=1S/C26H36N4O/c1-19(2)29(6)12-9-20-7-8-22-17-27-24(16-23(22)15-20)28-25(31)21-10-13-30(14-11-21)18-26(3,4)5/h7-9,12,15-17,21H,1,10-11,13-14,18H2,2-6H3,(H,27,28,31)/b12-9+. The smallest absolute Gasteiger partial charge is 0.228 e. The summed E-state index contributed by atoms with van der Waals surface area (Å²) in [5, 5.41) is 5.16. The second-order valence-corrected chi connectivity index (χ2v) is 9.94. The Kier molecular flexibility index (Phi) is 7.16. The molecule has 1 amide bonds. The van der Waals surface area contributed by atoms with Crippen LogP contribution in [0.1, 0.15) is 46.1 Å². The fraction of sp³-hybridized carbons (Fsp3) is 0.462. The Hall–Kier alpha value is -2.66. The fourth-order valence-corrected chi connectivity index (χ4v) is 3.91. The third-order valence-corrected chi connectivity index (χ3v) is 5.75. The predicted octanol–water partition coefficient (Wildman–Crippen LogP) is 5.37. The molecule has 2 aromatic rings.